The largest absolute Gasteiger partial charge is 0.376 e. The molecule has 1 aliphatic rings. The van der Waals surface area contributed by atoms with E-state index < -0.39 is 0 Å². The van der Waals surface area contributed by atoms with Gasteiger partial charge in [0.05, 0.1) is 18.7 Å². The molecular formula is C15H26N4OS. The minimum absolute atomic E-state index is 0.0849. The molecular weight excluding hydrogens is 284 g/mol. The van der Waals surface area contributed by atoms with Crippen LogP contribution in [0.5, 0.6) is 0 Å². The quantitative estimate of drug-likeness (QED) is 0.814. The summed E-state index contributed by atoms with van der Waals surface area (Å²) in [7, 11) is 0. The first-order valence-electron chi connectivity index (χ1n) is 7.58. The Hall–Kier alpha value is -1.14. The Balaban J connectivity index is 1.84. The third-order valence-electron chi connectivity index (χ3n) is 3.79. The van der Waals surface area contributed by atoms with Crippen molar-refractivity contribution in [3.63, 3.8) is 0 Å². The van der Waals surface area contributed by atoms with Crippen molar-refractivity contribution in [2.24, 2.45) is 5.41 Å². The summed E-state index contributed by atoms with van der Waals surface area (Å²) < 4.78 is 7.53. The van der Waals surface area contributed by atoms with Crippen LogP contribution in [0.15, 0.2) is 18.5 Å². The predicted octanol–water partition coefficient (Wildman–Crippen LogP) is 1.94. The molecule has 2 rings (SSSR count). The third-order valence-corrected chi connectivity index (χ3v) is 4.06. The summed E-state index contributed by atoms with van der Waals surface area (Å²) in [6.45, 7) is 9.06. The molecule has 0 bridgehead atoms. The molecule has 0 aromatic carbocycles. The first kappa shape index (κ1) is 16.2. The monoisotopic (exact) mass is 310 g/mol. The second-order valence-corrected chi connectivity index (χ2v) is 7.04. The number of rotatable bonds is 5. The van der Waals surface area contributed by atoms with Gasteiger partial charge in [-0.3, -0.25) is 4.68 Å². The van der Waals surface area contributed by atoms with Crippen LogP contribution in [-0.4, -0.2) is 40.2 Å². The summed E-state index contributed by atoms with van der Waals surface area (Å²) in [4.78, 5) is 0. The van der Waals surface area contributed by atoms with Gasteiger partial charge < -0.3 is 15.4 Å². The van der Waals surface area contributed by atoms with E-state index >= 15 is 0 Å². The molecule has 1 aliphatic heterocycles. The lowest BCUT2D eigenvalue weighted by Crippen LogP contribution is -2.51. The molecule has 6 heteroatoms. The minimum atomic E-state index is 0.0849. The van der Waals surface area contributed by atoms with Gasteiger partial charge in [-0.2, -0.15) is 5.10 Å². The van der Waals surface area contributed by atoms with E-state index in [4.69, 9.17) is 17.0 Å². The molecule has 2 atom stereocenters. The smallest absolute Gasteiger partial charge is 0.166 e. The lowest BCUT2D eigenvalue weighted by Gasteiger charge is -2.32. The minimum Gasteiger partial charge on any atom is -0.376 e. The summed E-state index contributed by atoms with van der Waals surface area (Å²) in [6.07, 6.45) is 6.34. The first-order valence-corrected chi connectivity index (χ1v) is 7.99. The zero-order valence-electron chi connectivity index (χ0n) is 13.1. The topological polar surface area (TPSA) is 51.1 Å². The zero-order valence-corrected chi connectivity index (χ0v) is 13.9. The van der Waals surface area contributed by atoms with Gasteiger partial charge in [-0.05, 0) is 36.5 Å². The average molecular weight is 310 g/mol. The number of hydrogen-bond donors (Lipinski definition) is 2. The molecule has 2 N–H and O–H groups in total. The normalized spacial score (nSPS) is 20.2. The van der Waals surface area contributed by atoms with E-state index in [-0.39, 0.29) is 11.5 Å². The van der Waals surface area contributed by atoms with Crippen molar-refractivity contribution in [2.75, 3.05) is 13.2 Å². The number of ether oxygens (including phenoxy) is 1. The van der Waals surface area contributed by atoms with Gasteiger partial charge in [0.25, 0.3) is 0 Å². The second-order valence-electron chi connectivity index (χ2n) is 6.64. The fourth-order valence-corrected chi connectivity index (χ4v) is 2.58. The Bertz CT molecular complexity index is 435. The Morgan fingerprint density at radius 1 is 1.52 bits per heavy atom. The standard InChI is InChI=1S/C15H26N4OS/c1-15(2,3)13(11-19-8-5-7-17-19)18-14(21)16-10-12-6-4-9-20-12/h5,7-8,12-13H,4,6,9-11H2,1-3H3,(H2,16,18,21). The maximum atomic E-state index is 5.60. The lowest BCUT2D eigenvalue weighted by molar-refractivity contribution is 0.113. The van der Waals surface area contributed by atoms with E-state index in [1.807, 2.05) is 16.9 Å². The first-order chi connectivity index (χ1) is 9.95. The molecule has 21 heavy (non-hydrogen) atoms. The van der Waals surface area contributed by atoms with Crippen molar-refractivity contribution in [1.29, 1.82) is 0 Å². The van der Waals surface area contributed by atoms with Gasteiger partial charge in [-0.1, -0.05) is 20.8 Å². The van der Waals surface area contributed by atoms with Crippen LogP contribution in [0, 0.1) is 5.41 Å². The molecule has 0 aliphatic carbocycles. The van der Waals surface area contributed by atoms with Crippen molar-refractivity contribution in [3.8, 4) is 0 Å². The van der Waals surface area contributed by atoms with Crippen LogP contribution < -0.4 is 10.6 Å². The maximum Gasteiger partial charge on any atom is 0.166 e. The van der Waals surface area contributed by atoms with E-state index in [9.17, 15) is 0 Å². The number of aromatic nitrogens is 2. The average Bonchev–Trinajstić information content (AvgIpc) is 3.07. The van der Waals surface area contributed by atoms with E-state index in [0.717, 1.165) is 32.5 Å². The fraction of sp³-hybridized carbons (Fsp3) is 0.733. The molecule has 118 valence electrons. The highest BCUT2D eigenvalue weighted by Crippen LogP contribution is 2.20. The molecule has 0 radical (unpaired) electrons. The maximum absolute atomic E-state index is 5.60. The van der Waals surface area contributed by atoms with Gasteiger partial charge in [-0.15, -0.1) is 0 Å². The van der Waals surface area contributed by atoms with Crippen LogP contribution >= 0.6 is 12.2 Å². The molecule has 1 fully saturated rings. The molecule has 2 unspecified atom stereocenters. The molecule has 0 spiro atoms. The van der Waals surface area contributed by atoms with Crippen LogP contribution in [0.4, 0.5) is 0 Å². The fourth-order valence-electron chi connectivity index (χ4n) is 2.35. The second kappa shape index (κ2) is 7.22. The molecule has 1 saturated heterocycles. The highest BCUT2D eigenvalue weighted by molar-refractivity contribution is 7.80. The van der Waals surface area contributed by atoms with E-state index in [1.54, 1.807) is 6.20 Å². The lowest BCUT2D eigenvalue weighted by atomic mass is 9.87. The summed E-state index contributed by atoms with van der Waals surface area (Å²) >= 11 is 5.42. The summed E-state index contributed by atoms with van der Waals surface area (Å²) in [5, 5.41) is 11.7. The number of nitrogens with one attached hydrogen (secondary N) is 2. The Labute approximate surface area is 132 Å². The van der Waals surface area contributed by atoms with E-state index in [1.165, 1.54) is 0 Å². The van der Waals surface area contributed by atoms with E-state index in [0.29, 0.717) is 11.2 Å². The van der Waals surface area contributed by atoms with Gasteiger partial charge >= 0.3 is 0 Å². The van der Waals surface area contributed by atoms with Crippen LogP contribution in [-0.2, 0) is 11.3 Å². The number of hydrogen-bond acceptors (Lipinski definition) is 3. The van der Waals surface area contributed by atoms with Crippen LogP contribution in [0.25, 0.3) is 0 Å². The highest BCUT2D eigenvalue weighted by atomic mass is 32.1. The van der Waals surface area contributed by atoms with Gasteiger partial charge in [0.2, 0.25) is 0 Å². The van der Waals surface area contributed by atoms with Gasteiger partial charge in [0.15, 0.2) is 5.11 Å². The highest BCUT2D eigenvalue weighted by Gasteiger charge is 2.26. The summed E-state index contributed by atoms with van der Waals surface area (Å²) in [6, 6.07) is 2.15. The molecule has 0 saturated carbocycles. The van der Waals surface area contributed by atoms with E-state index in [2.05, 4.69) is 36.5 Å². The van der Waals surface area contributed by atoms with Crippen LogP contribution in [0.1, 0.15) is 33.6 Å². The Morgan fingerprint density at radius 3 is 2.90 bits per heavy atom. The van der Waals surface area contributed by atoms with Crippen LogP contribution in [0.3, 0.4) is 0 Å². The van der Waals surface area contributed by atoms with Crippen molar-refractivity contribution in [1.82, 2.24) is 20.4 Å². The zero-order chi connectivity index (χ0) is 15.3. The third kappa shape index (κ3) is 5.28. The molecule has 1 aromatic rings. The van der Waals surface area contributed by atoms with Crippen LogP contribution in [0.2, 0.25) is 0 Å². The number of thiocarbonyl (C=S) groups is 1. The molecule has 5 nitrogen and oxygen atoms in total. The summed E-state index contributed by atoms with van der Waals surface area (Å²) in [5.74, 6) is 0. The van der Waals surface area contributed by atoms with Gasteiger partial charge in [0.1, 0.15) is 0 Å². The Kier molecular flexibility index (Phi) is 5.58. The van der Waals surface area contributed by atoms with Crippen molar-refractivity contribution >= 4 is 17.3 Å². The van der Waals surface area contributed by atoms with Crippen molar-refractivity contribution in [2.45, 2.75) is 52.3 Å². The predicted molar refractivity (Wildman–Crippen MR) is 88.2 cm³/mol. The summed E-state index contributed by atoms with van der Waals surface area (Å²) in [5.41, 5.74) is 0.0849. The van der Waals surface area contributed by atoms with Crippen molar-refractivity contribution < 1.29 is 4.74 Å². The van der Waals surface area contributed by atoms with Gasteiger partial charge in [0, 0.05) is 25.5 Å². The number of nitrogens with zero attached hydrogens (tertiary/aromatic N) is 2. The molecule has 0 amide bonds. The SMILES string of the molecule is CC(C)(C)C(Cn1cccn1)NC(=S)NCC1CCCO1. The van der Waals surface area contributed by atoms with Crippen molar-refractivity contribution in [3.05, 3.63) is 18.5 Å². The van der Waals surface area contributed by atoms with Gasteiger partial charge in [-0.25, -0.2) is 0 Å². The molecule has 1 aromatic heterocycles. The Morgan fingerprint density at radius 2 is 2.33 bits per heavy atom. The molecule has 2 heterocycles.